The molecule has 0 saturated heterocycles. The highest BCUT2D eigenvalue weighted by Gasteiger charge is 2.08. The molecule has 0 saturated carbocycles. The Morgan fingerprint density at radius 3 is 3.00 bits per heavy atom. The second-order valence-electron chi connectivity index (χ2n) is 2.14. The standard InChI is InChI=1S/C7H11NO2S/c1-3-10-5(2)7-8-6(9)4-11-7/h4-5,9H,3H2,1-2H3. The van der Waals surface area contributed by atoms with Gasteiger partial charge in [-0.3, -0.25) is 0 Å². The van der Waals surface area contributed by atoms with E-state index < -0.39 is 0 Å². The van der Waals surface area contributed by atoms with E-state index in [1.807, 2.05) is 13.8 Å². The van der Waals surface area contributed by atoms with Crippen molar-refractivity contribution in [3.63, 3.8) is 0 Å². The second kappa shape index (κ2) is 3.69. The Balaban J connectivity index is 2.60. The summed E-state index contributed by atoms with van der Waals surface area (Å²) in [6.45, 7) is 4.52. The molecule has 1 rings (SSSR count). The van der Waals surface area contributed by atoms with Crippen molar-refractivity contribution in [2.45, 2.75) is 20.0 Å². The summed E-state index contributed by atoms with van der Waals surface area (Å²) >= 11 is 1.41. The molecule has 1 aromatic rings. The minimum atomic E-state index is -0.00843. The largest absolute Gasteiger partial charge is 0.493 e. The zero-order valence-electron chi connectivity index (χ0n) is 6.57. The first-order chi connectivity index (χ1) is 5.24. The molecule has 1 unspecified atom stereocenters. The predicted octanol–water partition coefficient (Wildman–Crippen LogP) is 1.95. The summed E-state index contributed by atoms with van der Waals surface area (Å²) in [7, 11) is 0. The minimum absolute atomic E-state index is 0.00843. The average molecular weight is 173 g/mol. The molecule has 1 atom stereocenters. The van der Waals surface area contributed by atoms with Crippen LogP contribution in [0.25, 0.3) is 0 Å². The quantitative estimate of drug-likeness (QED) is 0.759. The fourth-order valence-corrected chi connectivity index (χ4v) is 1.47. The Kier molecular flexibility index (Phi) is 2.84. The van der Waals surface area contributed by atoms with Crippen LogP contribution < -0.4 is 0 Å². The van der Waals surface area contributed by atoms with Gasteiger partial charge in [-0.15, -0.1) is 11.3 Å². The van der Waals surface area contributed by atoms with Crippen molar-refractivity contribution in [3.05, 3.63) is 10.4 Å². The fourth-order valence-electron chi connectivity index (χ4n) is 0.787. The number of rotatable bonds is 3. The van der Waals surface area contributed by atoms with Crippen molar-refractivity contribution in [1.82, 2.24) is 4.98 Å². The van der Waals surface area contributed by atoms with E-state index in [4.69, 9.17) is 9.84 Å². The minimum Gasteiger partial charge on any atom is -0.493 e. The molecule has 4 heteroatoms. The molecule has 3 nitrogen and oxygen atoms in total. The number of ether oxygens (including phenoxy) is 1. The Bertz CT molecular complexity index is 224. The SMILES string of the molecule is CCOC(C)c1nc(O)cs1. The van der Waals surface area contributed by atoms with Gasteiger partial charge in [0.15, 0.2) is 0 Å². The summed E-state index contributed by atoms with van der Waals surface area (Å²) in [6.07, 6.45) is -0.00843. The van der Waals surface area contributed by atoms with Crippen LogP contribution in [0.4, 0.5) is 0 Å². The molecule has 0 aliphatic rings. The van der Waals surface area contributed by atoms with Crippen molar-refractivity contribution in [1.29, 1.82) is 0 Å². The first-order valence-corrected chi connectivity index (χ1v) is 4.38. The molecule has 0 spiro atoms. The molecule has 0 amide bonds. The molecule has 0 radical (unpaired) electrons. The van der Waals surface area contributed by atoms with Gasteiger partial charge in [0.2, 0.25) is 5.88 Å². The van der Waals surface area contributed by atoms with Crippen molar-refractivity contribution < 1.29 is 9.84 Å². The molecule has 0 aliphatic carbocycles. The topological polar surface area (TPSA) is 42.4 Å². The number of thiazole rings is 1. The summed E-state index contributed by atoms with van der Waals surface area (Å²) in [5.74, 6) is 0.0801. The lowest BCUT2D eigenvalue weighted by Crippen LogP contribution is -1.97. The molecule has 1 heterocycles. The monoisotopic (exact) mass is 173 g/mol. The van der Waals surface area contributed by atoms with E-state index in [0.717, 1.165) is 5.01 Å². The van der Waals surface area contributed by atoms with Gasteiger partial charge in [-0.05, 0) is 13.8 Å². The number of nitrogens with zero attached hydrogens (tertiary/aromatic N) is 1. The summed E-state index contributed by atoms with van der Waals surface area (Å²) in [6, 6.07) is 0. The molecule has 0 aromatic carbocycles. The molecule has 62 valence electrons. The molecule has 0 bridgehead atoms. The summed E-state index contributed by atoms with van der Waals surface area (Å²) in [5.41, 5.74) is 0. The van der Waals surface area contributed by atoms with E-state index in [0.29, 0.717) is 6.61 Å². The number of aromatic hydroxyl groups is 1. The fraction of sp³-hybridized carbons (Fsp3) is 0.571. The lowest BCUT2D eigenvalue weighted by atomic mass is 10.4. The van der Waals surface area contributed by atoms with Crippen LogP contribution in [0.5, 0.6) is 5.88 Å². The van der Waals surface area contributed by atoms with Gasteiger partial charge < -0.3 is 9.84 Å². The predicted molar refractivity (Wildman–Crippen MR) is 43.8 cm³/mol. The van der Waals surface area contributed by atoms with Gasteiger partial charge in [-0.1, -0.05) is 0 Å². The number of aromatic nitrogens is 1. The molecule has 1 N–H and O–H groups in total. The Hall–Kier alpha value is -0.610. The van der Waals surface area contributed by atoms with Gasteiger partial charge in [0, 0.05) is 6.61 Å². The van der Waals surface area contributed by atoms with Gasteiger partial charge in [0.05, 0.1) is 5.38 Å². The first-order valence-electron chi connectivity index (χ1n) is 3.50. The van der Waals surface area contributed by atoms with E-state index in [1.54, 1.807) is 5.38 Å². The van der Waals surface area contributed by atoms with Crippen LogP contribution in [0, 0.1) is 0 Å². The molecular weight excluding hydrogens is 162 g/mol. The van der Waals surface area contributed by atoms with E-state index in [-0.39, 0.29) is 12.0 Å². The van der Waals surface area contributed by atoms with Crippen LogP contribution in [-0.4, -0.2) is 16.7 Å². The van der Waals surface area contributed by atoms with E-state index in [1.165, 1.54) is 11.3 Å². The van der Waals surface area contributed by atoms with Gasteiger partial charge in [0.1, 0.15) is 11.1 Å². The van der Waals surface area contributed by atoms with Crippen molar-refractivity contribution in [2.24, 2.45) is 0 Å². The normalized spacial score (nSPS) is 13.3. The maximum atomic E-state index is 8.91. The lowest BCUT2D eigenvalue weighted by molar-refractivity contribution is 0.0759. The van der Waals surface area contributed by atoms with Gasteiger partial charge in [-0.2, -0.15) is 0 Å². The molecule has 0 fully saturated rings. The van der Waals surface area contributed by atoms with Gasteiger partial charge in [-0.25, -0.2) is 4.98 Å². The van der Waals surface area contributed by atoms with E-state index in [2.05, 4.69) is 4.98 Å². The smallest absolute Gasteiger partial charge is 0.222 e. The lowest BCUT2D eigenvalue weighted by Gasteiger charge is -2.06. The van der Waals surface area contributed by atoms with E-state index in [9.17, 15) is 0 Å². The maximum Gasteiger partial charge on any atom is 0.222 e. The Morgan fingerprint density at radius 2 is 2.55 bits per heavy atom. The second-order valence-corrected chi connectivity index (χ2v) is 3.03. The zero-order chi connectivity index (χ0) is 8.27. The van der Waals surface area contributed by atoms with Crippen molar-refractivity contribution in [3.8, 4) is 5.88 Å². The van der Waals surface area contributed by atoms with E-state index >= 15 is 0 Å². The third-order valence-electron chi connectivity index (χ3n) is 1.27. The number of hydrogen-bond acceptors (Lipinski definition) is 4. The zero-order valence-corrected chi connectivity index (χ0v) is 7.39. The summed E-state index contributed by atoms with van der Waals surface area (Å²) in [5, 5.41) is 11.3. The molecule has 11 heavy (non-hydrogen) atoms. The number of hydrogen-bond donors (Lipinski definition) is 1. The van der Waals surface area contributed by atoms with Gasteiger partial charge in [0.25, 0.3) is 0 Å². The summed E-state index contributed by atoms with van der Waals surface area (Å²) in [4.78, 5) is 3.88. The van der Waals surface area contributed by atoms with Gasteiger partial charge >= 0.3 is 0 Å². The molecule has 1 aromatic heterocycles. The van der Waals surface area contributed by atoms with Crippen LogP contribution in [0.1, 0.15) is 25.0 Å². The van der Waals surface area contributed by atoms with Crippen LogP contribution in [0.2, 0.25) is 0 Å². The third-order valence-corrected chi connectivity index (χ3v) is 2.27. The van der Waals surface area contributed by atoms with Crippen molar-refractivity contribution in [2.75, 3.05) is 6.61 Å². The highest BCUT2D eigenvalue weighted by atomic mass is 32.1. The Morgan fingerprint density at radius 1 is 1.82 bits per heavy atom. The highest BCUT2D eigenvalue weighted by molar-refractivity contribution is 7.09. The third kappa shape index (κ3) is 2.17. The highest BCUT2D eigenvalue weighted by Crippen LogP contribution is 2.23. The maximum absolute atomic E-state index is 8.91. The first kappa shape index (κ1) is 8.49. The van der Waals surface area contributed by atoms with Crippen LogP contribution >= 0.6 is 11.3 Å². The van der Waals surface area contributed by atoms with Crippen LogP contribution in [0.15, 0.2) is 5.38 Å². The average Bonchev–Trinajstić information content (AvgIpc) is 2.36. The van der Waals surface area contributed by atoms with Crippen molar-refractivity contribution >= 4 is 11.3 Å². The molecule has 0 aliphatic heterocycles. The Labute approximate surface area is 69.7 Å². The summed E-state index contributed by atoms with van der Waals surface area (Å²) < 4.78 is 5.28. The molecular formula is C7H11NO2S. The van der Waals surface area contributed by atoms with Crippen LogP contribution in [0.3, 0.4) is 0 Å². The van der Waals surface area contributed by atoms with Crippen LogP contribution in [-0.2, 0) is 4.74 Å².